The molecule has 0 radical (unpaired) electrons. The molecule has 0 aliphatic carbocycles. The van der Waals surface area contributed by atoms with Gasteiger partial charge in [-0.15, -0.1) is 0 Å². The average molecular weight is 114 g/mol. The van der Waals surface area contributed by atoms with E-state index in [1.54, 1.807) is 13.8 Å². The topological polar surface area (TPSA) is 28.4 Å². The summed E-state index contributed by atoms with van der Waals surface area (Å²) in [4.78, 5) is 10.5. The van der Waals surface area contributed by atoms with Crippen molar-refractivity contribution in [3.05, 3.63) is 6.92 Å². The Balaban J connectivity index is 4.02. The summed E-state index contributed by atoms with van der Waals surface area (Å²) in [5.74, 6) is -0.391. The molecule has 0 aromatic heterocycles. The molecule has 0 bridgehead atoms. The fourth-order valence-electron chi connectivity index (χ4n) is 0.195. The molecule has 0 aliphatic heterocycles. The summed E-state index contributed by atoms with van der Waals surface area (Å²) in [6, 6.07) is 0. The zero-order valence-corrected chi connectivity index (χ0v) is 5.23. The van der Waals surface area contributed by atoms with Crippen LogP contribution in [-0.2, 0) is 9.22 Å². The largest absolute Gasteiger partial charge is 0.629 e. The molecule has 0 saturated heterocycles. The van der Waals surface area contributed by atoms with Gasteiger partial charge >= 0.3 is 5.97 Å². The Hall–Kier alpha value is -0.790. The number of carbonyl (C=O) groups excluding carboxylic acids is 2. The van der Waals surface area contributed by atoms with Crippen LogP contribution in [0.2, 0.25) is 0 Å². The lowest BCUT2D eigenvalue weighted by Crippen LogP contribution is -2.19. The maximum Gasteiger partial charge on any atom is 0.629 e. The molecule has 0 heterocycles. The monoisotopic (exact) mass is 114 g/mol. The third-order valence-corrected chi connectivity index (χ3v) is 0.684. The Kier molecular flexibility index (Phi) is 1.79. The molecule has 0 aromatic rings. The van der Waals surface area contributed by atoms with Gasteiger partial charge in [0.2, 0.25) is 0 Å². The molecule has 0 N–H and O–H groups in total. The summed E-state index contributed by atoms with van der Waals surface area (Å²) in [6.07, 6.45) is 0. The SMILES string of the molecule is C=[O+]C(=O)C([CH2+])(C)C. The summed E-state index contributed by atoms with van der Waals surface area (Å²) < 4.78 is 4.16. The molecule has 0 spiro atoms. The van der Waals surface area contributed by atoms with Crippen LogP contribution in [0.15, 0.2) is 0 Å². The Bertz CT molecular complexity index is 108. The normalized spacial score (nSPS) is 10.8. The van der Waals surface area contributed by atoms with Crippen LogP contribution >= 0.6 is 0 Å². The summed E-state index contributed by atoms with van der Waals surface area (Å²) in [5, 5.41) is 0. The molecule has 0 aromatic carbocycles. The molecule has 2 nitrogen and oxygen atoms in total. The van der Waals surface area contributed by atoms with E-state index >= 15 is 0 Å². The molecule has 2 heteroatoms. The first-order valence-corrected chi connectivity index (χ1v) is 2.30. The van der Waals surface area contributed by atoms with Crippen LogP contribution < -0.4 is 0 Å². The van der Waals surface area contributed by atoms with E-state index in [4.69, 9.17) is 0 Å². The van der Waals surface area contributed by atoms with Gasteiger partial charge in [-0.3, -0.25) is 4.42 Å². The highest BCUT2D eigenvalue weighted by molar-refractivity contribution is 5.73. The van der Waals surface area contributed by atoms with Gasteiger partial charge in [-0.2, -0.15) is 0 Å². The maximum atomic E-state index is 10.5. The molecule has 44 valence electrons. The number of hydrogen-bond acceptors (Lipinski definition) is 1. The Morgan fingerprint density at radius 1 is 1.75 bits per heavy atom. The predicted octanol–water partition coefficient (Wildman–Crippen LogP) is 0.738. The molecular formula is C6H10O2+2. The van der Waals surface area contributed by atoms with Gasteiger partial charge < -0.3 is 0 Å². The van der Waals surface area contributed by atoms with E-state index in [0.29, 0.717) is 0 Å². The third-order valence-electron chi connectivity index (χ3n) is 0.684. The molecule has 0 unspecified atom stereocenters. The number of carbonyl (C=O) groups is 1. The van der Waals surface area contributed by atoms with E-state index in [-0.39, 0.29) is 0 Å². The van der Waals surface area contributed by atoms with Gasteiger partial charge in [0.15, 0.2) is 6.79 Å². The highest BCUT2D eigenvalue weighted by atomic mass is 16.4. The first kappa shape index (κ1) is 7.21. The molecule has 0 aliphatic rings. The maximum absolute atomic E-state index is 10.5. The Morgan fingerprint density at radius 3 is 2.12 bits per heavy atom. The van der Waals surface area contributed by atoms with Crippen LogP contribution in [-0.4, -0.2) is 12.8 Å². The number of hydrogen-bond donors (Lipinski definition) is 0. The summed E-state index contributed by atoms with van der Waals surface area (Å²) >= 11 is 0. The van der Waals surface area contributed by atoms with Crippen molar-refractivity contribution < 1.29 is 9.22 Å². The highest BCUT2D eigenvalue weighted by Gasteiger charge is 2.40. The summed E-state index contributed by atoms with van der Waals surface area (Å²) in [5.41, 5.74) is -0.665. The van der Waals surface area contributed by atoms with Gasteiger partial charge in [0.25, 0.3) is 5.41 Å². The minimum atomic E-state index is -0.665. The van der Waals surface area contributed by atoms with Crippen molar-refractivity contribution in [1.29, 1.82) is 0 Å². The fourth-order valence-corrected chi connectivity index (χ4v) is 0.195. The van der Waals surface area contributed by atoms with Crippen LogP contribution in [0, 0.1) is 12.3 Å². The van der Waals surface area contributed by atoms with Gasteiger partial charge in [0, 0.05) is 0 Å². The lowest BCUT2D eigenvalue weighted by molar-refractivity contribution is -0.377. The lowest BCUT2D eigenvalue weighted by atomic mass is 9.98. The quantitative estimate of drug-likeness (QED) is 0.365. The standard InChI is InChI=1S/C6H10O2/c1-6(2,3)5(7)8-4/h1,4H2,2-3H3/q+2. The van der Waals surface area contributed by atoms with Crippen molar-refractivity contribution in [1.82, 2.24) is 0 Å². The second-order valence-corrected chi connectivity index (χ2v) is 2.32. The van der Waals surface area contributed by atoms with Crippen LogP contribution in [0.25, 0.3) is 0 Å². The van der Waals surface area contributed by atoms with Crippen LogP contribution in [0.1, 0.15) is 13.8 Å². The Labute approximate surface area is 49.2 Å². The smallest absolute Gasteiger partial charge is 0.284 e. The molecule has 0 amide bonds. The molecule has 0 atom stereocenters. The Morgan fingerprint density at radius 2 is 2.12 bits per heavy atom. The molecule has 0 fully saturated rings. The minimum absolute atomic E-state index is 0.391. The lowest BCUT2D eigenvalue weighted by Gasteiger charge is -1.92. The van der Waals surface area contributed by atoms with Gasteiger partial charge in [-0.1, -0.05) is 0 Å². The van der Waals surface area contributed by atoms with Gasteiger partial charge in [-0.05, 0) is 13.8 Å². The van der Waals surface area contributed by atoms with Gasteiger partial charge in [0.05, 0.1) is 11.7 Å². The summed E-state index contributed by atoms with van der Waals surface area (Å²) in [6.45, 7) is 9.82. The van der Waals surface area contributed by atoms with Crippen LogP contribution in [0.3, 0.4) is 0 Å². The zero-order chi connectivity index (χ0) is 6.78. The first-order valence-electron chi connectivity index (χ1n) is 2.30. The zero-order valence-electron chi connectivity index (χ0n) is 5.23. The second kappa shape index (κ2) is 1.99. The minimum Gasteiger partial charge on any atom is -0.284 e. The van der Waals surface area contributed by atoms with E-state index in [1.807, 2.05) is 0 Å². The number of rotatable bonds is 1. The molecular weight excluding hydrogens is 104 g/mol. The van der Waals surface area contributed by atoms with E-state index < -0.39 is 11.4 Å². The van der Waals surface area contributed by atoms with Crippen molar-refractivity contribution in [2.45, 2.75) is 13.8 Å². The van der Waals surface area contributed by atoms with Crippen LogP contribution in [0.4, 0.5) is 0 Å². The highest BCUT2D eigenvalue weighted by Crippen LogP contribution is 2.11. The second-order valence-electron chi connectivity index (χ2n) is 2.32. The van der Waals surface area contributed by atoms with Gasteiger partial charge in [-0.25, -0.2) is 0 Å². The van der Waals surface area contributed by atoms with Gasteiger partial charge in [0.1, 0.15) is 0 Å². The molecule has 0 rings (SSSR count). The van der Waals surface area contributed by atoms with Crippen molar-refractivity contribution in [3.8, 4) is 0 Å². The summed E-state index contributed by atoms with van der Waals surface area (Å²) in [7, 11) is 0. The predicted molar refractivity (Wildman–Crippen MR) is 31.3 cm³/mol. The fraction of sp³-hybridized carbons (Fsp3) is 0.500. The molecule has 0 saturated carbocycles. The van der Waals surface area contributed by atoms with Crippen molar-refractivity contribution >= 4 is 12.8 Å². The van der Waals surface area contributed by atoms with E-state index in [1.165, 1.54) is 0 Å². The van der Waals surface area contributed by atoms with Crippen molar-refractivity contribution in [2.75, 3.05) is 0 Å². The van der Waals surface area contributed by atoms with E-state index in [9.17, 15) is 4.79 Å². The average Bonchev–Trinajstić information content (AvgIpc) is 1.62. The van der Waals surface area contributed by atoms with E-state index in [2.05, 4.69) is 18.1 Å². The van der Waals surface area contributed by atoms with Crippen LogP contribution in [0.5, 0.6) is 0 Å². The molecule has 8 heavy (non-hydrogen) atoms. The first-order chi connectivity index (χ1) is 3.48. The van der Waals surface area contributed by atoms with Crippen molar-refractivity contribution in [2.24, 2.45) is 5.41 Å². The van der Waals surface area contributed by atoms with Crippen molar-refractivity contribution in [3.63, 3.8) is 0 Å². The van der Waals surface area contributed by atoms with E-state index in [0.717, 1.165) is 0 Å². The third kappa shape index (κ3) is 1.78.